The normalized spacial score (nSPS) is 17.0. The molecule has 1 aliphatic rings. The lowest BCUT2D eigenvalue weighted by molar-refractivity contribution is 0.145. The molecule has 116 valence electrons. The maximum atomic E-state index is 12.9. The van der Waals surface area contributed by atoms with Gasteiger partial charge in [0.15, 0.2) is 0 Å². The van der Waals surface area contributed by atoms with E-state index in [0.29, 0.717) is 5.56 Å². The van der Waals surface area contributed by atoms with Crippen LogP contribution in [0.1, 0.15) is 24.5 Å². The molecule has 0 amide bonds. The molecule has 0 heterocycles. The van der Waals surface area contributed by atoms with Crippen molar-refractivity contribution in [2.24, 2.45) is 0 Å². The molecule has 1 aromatic rings. The van der Waals surface area contributed by atoms with Crippen LogP contribution in [0.25, 0.3) is 0 Å². The second-order valence-electron chi connectivity index (χ2n) is 5.14. The Bertz CT molecular complexity index is 614. The smallest absolute Gasteiger partial charge is 0.219 e. The van der Waals surface area contributed by atoms with Crippen LogP contribution in [0.2, 0.25) is 0 Å². The number of nitrogens with zero attached hydrogens (tertiary/aromatic N) is 1. The molecule has 2 rings (SSSR count). The van der Waals surface area contributed by atoms with Crippen molar-refractivity contribution >= 4 is 21.6 Å². The monoisotopic (exact) mass is 333 g/mol. The first-order valence-electron chi connectivity index (χ1n) is 6.56. The Hall–Kier alpha value is -0.950. The Morgan fingerprint density at radius 1 is 1.43 bits per heavy atom. The van der Waals surface area contributed by atoms with Crippen molar-refractivity contribution in [3.05, 3.63) is 47.3 Å². The van der Waals surface area contributed by atoms with E-state index in [4.69, 9.17) is 11.6 Å². The van der Waals surface area contributed by atoms with Crippen molar-refractivity contribution in [2.45, 2.75) is 25.0 Å². The van der Waals surface area contributed by atoms with Gasteiger partial charge in [0.1, 0.15) is 5.82 Å². The molecule has 0 radical (unpaired) electrons. The number of hydrogen-bond acceptors (Lipinski definition) is 3. The van der Waals surface area contributed by atoms with E-state index < -0.39 is 21.9 Å². The molecule has 7 heteroatoms. The molecule has 1 unspecified atom stereocenters. The summed E-state index contributed by atoms with van der Waals surface area (Å²) in [4.78, 5) is 0. The fourth-order valence-electron chi connectivity index (χ4n) is 2.09. The van der Waals surface area contributed by atoms with Crippen LogP contribution in [0.5, 0.6) is 0 Å². The maximum Gasteiger partial charge on any atom is 0.219 e. The number of aliphatic hydroxyl groups is 1. The predicted octanol–water partition coefficient (Wildman–Crippen LogP) is 2.41. The first-order valence-corrected chi connectivity index (χ1v) is 8.54. The molecule has 1 saturated carbocycles. The summed E-state index contributed by atoms with van der Waals surface area (Å²) in [5.74, 6) is -0.752. The summed E-state index contributed by atoms with van der Waals surface area (Å²) < 4.78 is 38.6. The number of rotatable bonds is 7. The Balaban J connectivity index is 2.13. The molecule has 0 bridgehead atoms. The number of halogens is 2. The Labute approximate surface area is 128 Å². The van der Waals surface area contributed by atoms with Gasteiger partial charge in [0.05, 0.1) is 11.9 Å². The highest BCUT2D eigenvalue weighted by atomic mass is 35.5. The molecule has 0 spiro atoms. The highest BCUT2D eigenvalue weighted by Gasteiger charge is 2.38. The summed E-state index contributed by atoms with van der Waals surface area (Å²) in [6, 6.07) is 5.25. The molecule has 1 fully saturated rings. The molecule has 1 aliphatic carbocycles. The molecule has 0 aromatic heterocycles. The molecule has 1 N–H and O–H groups in total. The highest BCUT2D eigenvalue weighted by molar-refractivity contribution is 7.89. The summed E-state index contributed by atoms with van der Waals surface area (Å²) >= 11 is 5.60. The fourth-order valence-corrected chi connectivity index (χ4v) is 4.10. The van der Waals surface area contributed by atoms with Crippen molar-refractivity contribution in [3.8, 4) is 0 Å². The lowest BCUT2D eigenvalue weighted by Gasteiger charge is -2.24. The molecule has 0 saturated heterocycles. The lowest BCUT2D eigenvalue weighted by Crippen LogP contribution is -2.38. The summed E-state index contributed by atoms with van der Waals surface area (Å²) in [5, 5.41) is 10.2. The summed E-state index contributed by atoms with van der Waals surface area (Å²) in [6.07, 6.45) is 0.526. The lowest BCUT2D eigenvalue weighted by atomic mass is 10.1. The van der Waals surface area contributed by atoms with E-state index >= 15 is 0 Å². The van der Waals surface area contributed by atoms with Crippen LogP contribution in [0.3, 0.4) is 0 Å². The molecule has 1 aromatic carbocycles. The van der Waals surface area contributed by atoms with Gasteiger partial charge in [-0.1, -0.05) is 30.3 Å². The standard InChI is InChI=1S/C14H17ClFNO3S/c1-10(15)9-21(19,20)17(13-6-7-13)8-14(18)11-2-4-12(16)5-3-11/h2-5,13-14,18H,1,6-9H2. The fraction of sp³-hybridized carbons (Fsp3) is 0.429. The zero-order valence-electron chi connectivity index (χ0n) is 11.4. The van der Waals surface area contributed by atoms with Crippen molar-refractivity contribution in [1.29, 1.82) is 0 Å². The zero-order valence-corrected chi connectivity index (χ0v) is 12.9. The van der Waals surface area contributed by atoms with Crippen molar-refractivity contribution in [3.63, 3.8) is 0 Å². The number of hydrogen-bond donors (Lipinski definition) is 1. The summed E-state index contributed by atoms with van der Waals surface area (Å²) in [5.41, 5.74) is 0.474. The van der Waals surface area contributed by atoms with Crippen molar-refractivity contribution in [2.75, 3.05) is 12.3 Å². The van der Waals surface area contributed by atoms with Gasteiger partial charge in [0.2, 0.25) is 10.0 Å². The van der Waals surface area contributed by atoms with E-state index in [1.165, 1.54) is 28.6 Å². The third-order valence-corrected chi connectivity index (χ3v) is 5.43. The molecule has 0 aliphatic heterocycles. The van der Waals surface area contributed by atoms with Crippen LogP contribution in [0.4, 0.5) is 4.39 Å². The van der Waals surface area contributed by atoms with E-state index in [2.05, 4.69) is 6.58 Å². The highest BCUT2D eigenvalue weighted by Crippen LogP contribution is 2.32. The summed E-state index contributed by atoms with van der Waals surface area (Å²) in [7, 11) is -3.60. The first kappa shape index (κ1) is 16.4. The Morgan fingerprint density at radius 2 is 2.00 bits per heavy atom. The molecular formula is C14H17ClFNO3S. The predicted molar refractivity (Wildman–Crippen MR) is 79.9 cm³/mol. The molecule has 1 atom stereocenters. The van der Waals surface area contributed by atoms with Gasteiger partial charge in [-0.2, -0.15) is 4.31 Å². The van der Waals surface area contributed by atoms with Crippen LogP contribution in [-0.2, 0) is 10.0 Å². The van der Waals surface area contributed by atoms with Crippen molar-refractivity contribution < 1.29 is 17.9 Å². The van der Waals surface area contributed by atoms with Gasteiger partial charge >= 0.3 is 0 Å². The quantitative estimate of drug-likeness (QED) is 0.833. The van der Waals surface area contributed by atoms with Gasteiger partial charge in [0, 0.05) is 17.6 Å². The Kier molecular flexibility index (Phi) is 5.03. The minimum atomic E-state index is -3.60. The number of aliphatic hydroxyl groups excluding tert-OH is 1. The molecule has 21 heavy (non-hydrogen) atoms. The van der Waals surface area contributed by atoms with Gasteiger partial charge in [0.25, 0.3) is 0 Å². The zero-order chi connectivity index (χ0) is 15.6. The summed E-state index contributed by atoms with van der Waals surface area (Å²) in [6.45, 7) is 3.34. The van der Waals surface area contributed by atoms with Gasteiger partial charge < -0.3 is 5.11 Å². The van der Waals surface area contributed by atoms with E-state index in [-0.39, 0.29) is 23.4 Å². The van der Waals surface area contributed by atoms with Gasteiger partial charge in [-0.25, -0.2) is 12.8 Å². The first-order chi connectivity index (χ1) is 9.79. The van der Waals surface area contributed by atoms with E-state index in [1.54, 1.807) is 0 Å². The van der Waals surface area contributed by atoms with Gasteiger partial charge in [-0.15, -0.1) is 0 Å². The SMILES string of the molecule is C=C(Cl)CS(=O)(=O)N(CC(O)c1ccc(F)cc1)C1CC1. The largest absolute Gasteiger partial charge is 0.387 e. The second kappa shape index (κ2) is 6.44. The van der Waals surface area contributed by atoms with Crippen molar-refractivity contribution in [1.82, 2.24) is 4.31 Å². The van der Waals surface area contributed by atoms with E-state index in [1.807, 2.05) is 0 Å². The third-order valence-electron chi connectivity index (χ3n) is 3.26. The van der Waals surface area contributed by atoms with Crippen LogP contribution < -0.4 is 0 Å². The minimum absolute atomic E-state index is 0.0388. The average molecular weight is 334 g/mol. The van der Waals surface area contributed by atoms with Crippen LogP contribution >= 0.6 is 11.6 Å². The number of benzene rings is 1. The minimum Gasteiger partial charge on any atom is -0.387 e. The van der Waals surface area contributed by atoms with E-state index in [0.717, 1.165) is 12.8 Å². The van der Waals surface area contributed by atoms with Crippen LogP contribution in [0.15, 0.2) is 35.9 Å². The van der Waals surface area contributed by atoms with Crippen LogP contribution in [-0.4, -0.2) is 36.2 Å². The third kappa shape index (κ3) is 4.51. The van der Waals surface area contributed by atoms with Gasteiger partial charge in [-0.05, 0) is 30.5 Å². The maximum absolute atomic E-state index is 12.9. The van der Waals surface area contributed by atoms with Crippen LogP contribution in [0, 0.1) is 5.82 Å². The average Bonchev–Trinajstić information content (AvgIpc) is 3.18. The van der Waals surface area contributed by atoms with Gasteiger partial charge in [-0.3, -0.25) is 0 Å². The second-order valence-corrected chi connectivity index (χ2v) is 7.60. The Morgan fingerprint density at radius 3 is 2.48 bits per heavy atom. The molecule has 4 nitrogen and oxygen atoms in total. The van der Waals surface area contributed by atoms with E-state index in [9.17, 15) is 17.9 Å². The molecular weight excluding hydrogens is 317 g/mol. The topological polar surface area (TPSA) is 57.6 Å². The number of sulfonamides is 1.